The van der Waals surface area contributed by atoms with Gasteiger partial charge in [0.05, 0.1) is 3.79 Å². The highest BCUT2D eigenvalue weighted by atomic mass is 79.9. The van der Waals surface area contributed by atoms with Crippen LogP contribution >= 0.6 is 27.3 Å². The lowest BCUT2D eigenvalue weighted by Crippen LogP contribution is -2.48. The van der Waals surface area contributed by atoms with Crippen molar-refractivity contribution in [3.05, 3.63) is 51.3 Å². The standard InChI is InChI=1S/C16H19BrN2O2S2/c1-13-2-4-14(5-3-13)12-18-8-10-19(11-9-18)23(20,21)16-7-6-15(17)22-16/h2-7H,8-12H2,1H3. The van der Waals surface area contributed by atoms with Gasteiger partial charge in [0.25, 0.3) is 10.0 Å². The summed E-state index contributed by atoms with van der Waals surface area (Å²) in [5.74, 6) is 0. The number of piperazine rings is 1. The maximum absolute atomic E-state index is 12.6. The Morgan fingerprint density at radius 1 is 1.04 bits per heavy atom. The van der Waals surface area contributed by atoms with E-state index in [0.29, 0.717) is 17.3 Å². The van der Waals surface area contributed by atoms with Crippen molar-refractivity contribution < 1.29 is 8.42 Å². The molecule has 124 valence electrons. The topological polar surface area (TPSA) is 40.6 Å². The number of hydrogen-bond donors (Lipinski definition) is 0. The molecular formula is C16H19BrN2O2S2. The molecule has 0 unspecified atom stereocenters. The summed E-state index contributed by atoms with van der Waals surface area (Å²) in [6, 6.07) is 12.0. The Hall–Kier alpha value is -0.730. The van der Waals surface area contributed by atoms with Gasteiger partial charge in [-0.2, -0.15) is 4.31 Å². The third-order valence-corrected chi connectivity index (χ3v) is 7.99. The predicted molar refractivity (Wildman–Crippen MR) is 97.2 cm³/mol. The van der Waals surface area contributed by atoms with E-state index in [1.807, 2.05) is 0 Å². The lowest BCUT2D eigenvalue weighted by molar-refractivity contribution is 0.182. The molecule has 0 amide bonds. The molecule has 1 saturated heterocycles. The van der Waals surface area contributed by atoms with Crippen molar-refractivity contribution >= 4 is 37.3 Å². The van der Waals surface area contributed by atoms with Crippen LogP contribution in [0.2, 0.25) is 0 Å². The van der Waals surface area contributed by atoms with Gasteiger partial charge in [0, 0.05) is 32.7 Å². The molecule has 2 aromatic rings. The quantitative estimate of drug-likeness (QED) is 0.769. The van der Waals surface area contributed by atoms with E-state index < -0.39 is 10.0 Å². The van der Waals surface area contributed by atoms with Crippen LogP contribution in [0.1, 0.15) is 11.1 Å². The van der Waals surface area contributed by atoms with Crippen molar-refractivity contribution in [2.75, 3.05) is 26.2 Å². The van der Waals surface area contributed by atoms with Gasteiger partial charge in [-0.05, 0) is 40.5 Å². The molecule has 4 nitrogen and oxygen atoms in total. The van der Waals surface area contributed by atoms with Crippen LogP contribution in [-0.4, -0.2) is 43.8 Å². The first kappa shape index (κ1) is 17.1. The summed E-state index contributed by atoms with van der Waals surface area (Å²) in [5.41, 5.74) is 2.53. The van der Waals surface area contributed by atoms with Gasteiger partial charge in [-0.15, -0.1) is 11.3 Å². The van der Waals surface area contributed by atoms with Crippen LogP contribution in [0.3, 0.4) is 0 Å². The average molecular weight is 415 g/mol. The van der Waals surface area contributed by atoms with Gasteiger partial charge in [0.15, 0.2) is 0 Å². The Morgan fingerprint density at radius 2 is 1.70 bits per heavy atom. The second-order valence-corrected chi connectivity index (χ2v) is 10.4. The predicted octanol–water partition coefficient (Wildman–Crippen LogP) is 3.33. The molecule has 0 spiro atoms. The highest BCUT2D eigenvalue weighted by Crippen LogP contribution is 2.29. The highest BCUT2D eigenvalue weighted by Gasteiger charge is 2.29. The molecule has 23 heavy (non-hydrogen) atoms. The number of thiophene rings is 1. The SMILES string of the molecule is Cc1ccc(CN2CCN(S(=O)(=O)c3ccc(Br)s3)CC2)cc1. The summed E-state index contributed by atoms with van der Waals surface area (Å²) in [6.45, 7) is 5.57. The van der Waals surface area contributed by atoms with E-state index in [-0.39, 0.29) is 0 Å². The zero-order chi connectivity index (χ0) is 16.4. The second-order valence-electron chi connectivity index (χ2n) is 5.72. The smallest absolute Gasteiger partial charge is 0.252 e. The van der Waals surface area contributed by atoms with Crippen molar-refractivity contribution in [3.63, 3.8) is 0 Å². The summed E-state index contributed by atoms with van der Waals surface area (Å²) in [4.78, 5) is 2.31. The molecule has 1 aromatic heterocycles. The highest BCUT2D eigenvalue weighted by molar-refractivity contribution is 9.11. The van der Waals surface area contributed by atoms with E-state index in [9.17, 15) is 8.42 Å². The third kappa shape index (κ3) is 4.03. The maximum atomic E-state index is 12.6. The van der Waals surface area contributed by atoms with Crippen LogP contribution in [0.25, 0.3) is 0 Å². The lowest BCUT2D eigenvalue weighted by atomic mass is 10.1. The summed E-state index contributed by atoms with van der Waals surface area (Å²) in [7, 11) is -3.35. The third-order valence-electron chi connectivity index (χ3n) is 4.00. The number of sulfonamides is 1. The van der Waals surface area contributed by atoms with Gasteiger partial charge in [0.2, 0.25) is 0 Å². The number of benzene rings is 1. The first-order valence-corrected chi connectivity index (χ1v) is 10.5. The molecular weight excluding hydrogens is 396 g/mol. The van der Waals surface area contributed by atoms with Crippen LogP contribution in [0.15, 0.2) is 44.4 Å². The van der Waals surface area contributed by atoms with Crippen molar-refractivity contribution in [2.45, 2.75) is 17.7 Å². The number of aryl methyl sites for hydroxylation is 1. The van der Waals surface area contributed by atoms with Gasteiger partial charge in [-0.3, -0.25) is 4.90 Å². The largest absolute Gasteiger partial charge is 0.296 e. The molecule has 1 fully saturated rings. The summed E-state index contributed by atoms with van der Waals surface area (Å²) in [5, 5.41) is 0. The lowest BCUT2D eigenvalue weighted by Gasteiger charge is -2.33. The number of hydrogen-bond acceptors (Lipinski definition) is 4. The molecule has 0 bridgehead atoms. The van der Waals surface area contributed by atoms with E-state index in [1.165, 1.54) is 22.5 Å². The minimum absolute atomic E-state index is 0.413. The molecule has 0 saturated carbocycles. The zero-order valence-corrected chi connectivity index (χ0v) is 16.1. The summed E-state index contributed by atoms with van der Waals surface area (Å²) < 4.78 is 28.0. The molecule has 0 N–H and O–H groups in total. The van der Waals surface area contributed by atoms with E-state index in [4.69, 9.17) is 0 Å². The van der Waals surface area contributed by atoms with Crippen LogP contribution in [0.5, 0.6) is 0 Å². The fraction of sp³-hybridized carbons (Fsp3) is 0.375. The van der Waals surface area contributed by atoms with E-state index in [2.05, 4.69) is 52.0 Å². The van der Waals surface area contributed by atoms with Crippen LogP contribution < -0.4 is 0 Å². The Balaban J connectivity index is 1.61. The summed E-state index contributed by atoms with van der Waals surface area (Å²) >= 11 is 4.59. The molecule has 1 aromatic carbocycles. The Morgan fingerprint density at radius 3 is 2.26 bits per heavy atom. The molecule has 0 radical (unpaired) electrons. The first-order valence-electron chi connectivity index (χ1n) is 7.48. The van der Waals surface area contributed by atoms with Gasteiger partial charge in [0.1, 0.15) is 4.21 Å². The first-order chi connectivity index (χ1) is 10.9. The molecule has 2 heterocycles. The molecule has 3 rings (SSSR count). The molecule has 0 aliphatic carbocycles. The zero-order valence-electron chi connectivity index (χ0n) is 12.9. The van der Waals surface area contributed by atoms with Gasteiger partial charge >= 0.3 is 0 Å². The Bertz CT molecular complexity index is 764. The van der Waals surface area contributed by atoms with Gasteiger partial charge < -0.3 is 0 Å². The average Bonchev–Trinajstić information content (AvgIpc) is 2.98. The molecule has 7 heteroatoms. The van der Waals surface area contributed by atoms with E-state index in [0.717, 1.165) is 23.4 Å². The minimum Gasteiger partial charge on any atom is -0.296 e. The number of halogens is 1. The van der Waals surface area contributed by atoms with Crippen molar-refractivity contribution in [3.8, 4) is 0 Å². The van der Waals surface area contributed by atoms with Crippen LogP contribution in [-0.2, 0) is 16.6 Å². The second kappa shape index (κ2) is 7.03. The van der Waals surface area contributed by atoms with E-state index >= 15 is 0 Å². The fourth-order valence-electron chi connectivity index (χ4n) is 2.64. The van der Waals surface area contributed by atoms with Crippen LogP contribution in [0, 0.1) is 6.92 Å². The van der Waals surface area contributed by atoms with Crippen LogP contribution in [0.4, 0.5) is 0 Å². The van der Waals surface area contributed by atoms with Gasteiger partial charge in [-0.1, -0.05) is 29.8 Å². The van der Waals surface area contributed by atoms with E-state index in [1.54, 1.807) is 16.4 Å². The Labute approximate surface area is 149 Å². The van der Waals surface area contributed by atoms with Gasteiger partial charge in [-0.25, -0.2) is 8.42 Å². The number of rotatable bonds is 4. The van der Waals surface area contributed by atoms with Crippen molar-refractivity contribution in [1.29, 1.82) is 0 Å². The minimum atomic E-state index is -3.35. The monoisotopic (exact) mass is 414 g/mol. The Kier molecular flexibility index (Phi) is 5.22. The molecule has 0 atom stereocenters. The molecule has 1 aliphatic rings. The normalized spacial score (nSPS) is 17.5. The fourth-order valence-corrected chi connectivity index (χ4v) is 6.23. The molecule has 1 aliphatic heterocycles. The van der Waals surface area contributed by atoms with Crippen molar-refractivity contribution in [2.24, 2.45) is 0 Å². The van der Waals surface area contributed by atoms with Crippen molar-refractivity contribution in [1.82, 2.24) is 9.21 Å². The maximum Gasteiger partial charge on any atom is 0.252 e. The summed E-state index contributed by atoms with van der Waals surface area (Å²) in [6.07, 6.45) is 0. The number of nitrogens with zero attached hydrogens (tertiary/aromatic N) is 2.